The van der Waals surface area contributed by atoms with Gasteiger partial charge in [-0.25, -0.2) is 0 Å². The van der Waals surface area contributed by atoms with Gasteiger partial charge in [0.1, 0.15) is 0 Å². The van der Waals surface area contributed by atoms with Crippen LogP contribution in [0.25, 0.3) is 0 Å². The van der Waals surface area contributed by atoms with Crippen molar-refractivity contribution in [3.63, 3.8) is 0 Å². The van der Waals surface area contributed by atoms with Gasteiger partial charge in [-0.3, -0.25) is 0 Å². The summed E-state index contributed by atoms with van der Waals surface area (Å²) in [6.45, 7) is 3.14. The van der Waals surface area contributed by atoms with Crippen LogP contribution in [0.1, 0.15) is 37.3 Å². The third-order valence-corrected chi connectivity index (χ3v) is 4.68. The van der Waals surface area contributed by atoms with E-state index in [9.17, 15) is 5.11 Å². The summed E-state index contributed by atoms with van der Waals surface area (Å²) in [5, 5.41) is 12.8. The molecule has 0 unspecified atom stereocenters. The summed E-state index contributed by atoms with van der Waals surface area (Å²) in [6.07, 6.45) is 15.4. The Balaban J connectivity index is 0.000000237. The zero-order valence-corrected chi connectivity index (χ0v) is 16.9. The van der Waals surface area contributed by atoms with E-state index in [1.54, 1.807) is 0 Å². The average Bonchev–Trinajstić information content (AvgIpc) is 2.73. The molecule has 1 aliphatic carbocycles. The van der Waals surface area contributed by atoms with Crippen molar-refractivity contribution in [2.24, 2.45) is 0 Å². The van der Waals surface area contributed by atoms with E-state index in [1.165, 1.54) is 16.7 Å². The van der Waals surface area contributed by atoms with Gasteiger partial charge in [-0.05, 0) is 36.8 Å². The molecule has 148 valence electrons. The van der Waals surface area contributed by atoms with E-state index in [1.807, 2.05) is 36.4 Å². The molecule has 2 aromatic rings. The topological polar surface area (TPSA) is 32.3 Å². The predicted molar refractivity (Wildman–Crippen MR) is 120 cm³/mol. The van der Waals surface area contributed by atoms with Crippen molar-refractivity contribution in [3.05, 3.63) is 108 Å². The Bertz CT molecular complexity index is 732. The third-order valence-electron chi connectivity index (χ3n) is 4.68. The molecule has 1 atom stereocenters. The Morgan fingerprint density at radius 3 is 2.14 bits per heavy atom. The van der Waals surface area contributed by atoms with E-state index < -0.39 is 0 Å². The summed E-state index contributed by atoms with van der Waals surface area (Å²) < 4.78 is 0. The lowest BCUT2D eigenvalue weighted by Gasteiger charge is -2.16. The molecule has 0 saturated carbocycles. The van der Waals surface area contributed by atoms with Gasteiger partial charge in [0, 0.05) is 12.6 Å². The molecule has 2 nitrogen and oxygen atoms in total. The SMILES string of the molecule is CCC1=C/CC=CC/C=C\1.OC[C@H](Cc1ccccc1)NCc1ccccc1. The zero-order chi connectivity index (χ0) is 19.9. The molecule has 0 aromatic heterocycles. The van der Waals surface area contributed by atoms with E-state index in [0.29, 0.717) is 0 Å². The van der Waals surface area contributed by atoms with Gasteiger partial charge in [-0.2, -0.15) is 0 Å². The lowest BCUT2D eigenvalue weighted by molar-refractivity contribution is 0.241. The molecule has 0 spiro atoms. The quantitative estimate of drug-likeness (QED) is 0.617. The summed E-state index contributed by atoms with van der Waals surface area (Å²) >= 11 is 0. The standard InChI is InChI=1S/C16H19NO.C10H14/c18-13-16(11-14-7-3-1-4-8-14)17-12-15-9-5-2-6-10-15;1-2-10-8-6-4-3-5-7-9-10/h1-10,16-18H,11-13H2;3-4,7-9H,2,5-6H2,1H3/b;4-3?,9-7-,10-8-/t16-;/m0./s1. The molecule has 0 fully saturated rings. The van der Waals surface area contributed by atoms with Gasteiger partial charge in [0.25, 0.3) is 0 Å². The fourth-order valence-electron chi connectivity index (χ4n) is 3.00. The maximum absolute atomic E-state index is 9.40. The second kappa shape index (κ2) is 13.7. The summed E-state index contributed by atoms with van der Waals surface area (Å²) in [6, 6.07) is 20.6. The Labute approximate surface area is 170 Å². The number of allylic oxidation sites excluding steroid dienone is 6. The summed E-state index contributed by atoms with van der Waals surface area (Å²) in [5.41, 5.74) is 3.95. The van der Waals surface area contributed by atoms with Crippen LogP contribution in [0.2, 0.25) is 0 Å². The normalized spacial score (nSPS) is 17.3. The van der Waals surface area contributed by atoms with Crippen molar-refractivity contribution in [1.82, 2.24) is 5.32 Å². The molecule has 2 N–H and O–H groups in total. The van der Waals surface area contributed by atoms with Gasteiger partial charge in [0.2, 0.25) is 0 Å². The lowest BCUT2D eigenvalue weighted by atomic mass is 10.1. The zero-order valence-electron chi connectivity index (χ0n) is 16.9. The molecule has 2 heteroatoms. The van der Waals surface area contributed by atoms with Crippen LogP contribution in [0.5, 0.6) is 0 Å². The van der Waals surface area contributed by atoms with Crippen molar-refractivity contribution in [1.29, 1.82) is 0 Å². The lowest BCUT2D eigenvalue weighted by Crippen LogP contribution is -2.33. The average molecular weight is 376 g/mol. The van der Waals surface area contributed by atoms with Crippen molar-refractivity contribution < 1.29 is 5.11 Å². The maximum atomic E-state index is 9.40. The fourth-order valence-corrected chi connectivity index (χ4v) is 3.00. The smallest absolute Gasteiger partial charge is 0.0587 e. The molecular formula is C26H33NO. The highest BCUT2D eigenvalue weighted by Crippen LogP contribution is 2.08. The largest absolute Gasteiger partial charge is 0.395 e. The van der Waals surface area contributed by atoms with Crippen LogP contribution in [0.15, 0.2) is 96.6 Å². The van der Waals surface area contributed by atoms with Crippen molar-refractivity contribution in [3.8, 4) is 0 Å². The summed E-state index contributed by atoms with van der Waals surface area (Å²) in [5.74, 6) is 0. The Morgan fingerprint density at radius 2 is 1.50 bits per heavy atom. The van der Waals surface area contributed by atoms with Crippen molar-refractivity contribution in [2.75, 3.05) is 6.61 Å². The number of aliphatic hydroxyl groups is 1. The monoisotopic (exact) mass is 375 g/mol. The van der Waals surface area contributed by atoms with Crippen LogP contribution in [-0.2, 0) is 13.0 Å². The van der Waals surface area contributed by atoms with Crippen LogP contribution in [-0.4, -0.2) is 17.8 Å². The van der Waals surface area contributed by atoms with Gasteiger partial charge in [-0.15, -0.1) is 0 Å². The number of hydrogen-bond acceptors (Lipinski definition) is 2. The molecule has 3 rings (SSSR count). The molecule has 28 heavy (non-hydrogen) atoms. The molecule has 0 radical (unpaired) electrons. The molecule has 0 amide bonds. The highest BCUT2D eigenvalue weighted by atomic mass is 16.3. The van der Waals surface area contributed by atoms with E-state index in [4.69, 9.17) is 0 Å². The number of hydrogen-bond donors (Lipinski definition) is 2. The second-order valence-corrected chi connectivity index (χ2v) is 6.91. The van der Waals surface area contributed by atoms with Crippen LogP contribution < -0.4 is 5.32 Å². The highest BCUT2D eigenvalue weighted by Gasteiger charge is 2.07. The Morgan fingerprint density at radius 1 is 0.857 bits per heavy atom. The van der Waals surface area contributed by atoms with E-state index in [2.05, 4.69) is 66.9 Å². The molecule has 0 bridgehead atoms. The first kappa shape index (κ1) is 21.9. The fraction of sp³-hybridized carbons (Fsp3) is 0.308. The van der Waals surface area contributed by atoms with Crippen molar-refractivity contribution in [2.45, 2.75) is 45.2 Å². The van der Waals surface area contributed by atoms with E-state index in [0.717, 1.165) is 32.2 Å². The molecule has 0 aliphatic heterocycles. The van der Waals surface area contributed by atoms with Gasteiger partial charge >= 0.3 is 0 Å². The molecular weight excluding hydrogens is 342 g/mol. The number of aliphatic hydroxyl groups excluding tert-OH is 1. The Hall–Kier alpha value is -2.42. The van der Waals surface area contributed by atoms with Crippen LogP contribution in [0.4, 0.5) is 0 Å². The molecule has 1 aliphatic rings. The first-order valence-corrected chi connectivity index (χ1v) is 10.2. The van der Waals surface area contributed by atoms with Crippen LogP contribution in [0.3, 0.4) is 0 Å². The molecule has 2 aromatic carbocycles. The minimum absolute atomic E-state index is 0.104. The first-order valence-electron chi connectivity index (χ1n) is 10.2. The number of benzene rings is 2. The van der Waals surface area contributed by atoms with Gasteiger partial charge < -0.3 is 10.4 Å². The second-order valence-electron chi connectivity index (χ2n) is 6.91. The van der Waals surface area contributed by atoms with E-state index >= 15 is 0 Å². The number of rotatable bonds is 7. The third kappa shape index (κ3) is 8.98. The first-order chi connectivity index (χ1) is 13.8. The van der Waals surface area contributed by atoms with Crippen LogP contribution in [0, 0.1) is 0 Å². The molecule has 0 saturated heterocycles. The summed E-state index contributed by atoms with van der Waals surface area (Å²) in [4.78, 5) is 0. The Kier molecular flexibility index (Phi) is 10.7. The van der Waals surface area contributed by atoms with Gasteiger partial charge in [-0.1, -0.05) is 104 Å². The van der Waals surface area contributed by atoms with Crippen molar-refractivity contribution >= 4 is 0 Å². The predicted octanol–water partition coefficient (Wildman–Crippen LogP) is 5.61. The van der Waals surface area contributed by atoms with Gasteiger partial charge in [0.15, 0.2) is 0 Å². The highest BCUT2D eigenvalue weighted by molar-refractivity contribution is 5.21. The maximum Gasteiger partial charge on any atom is 0.0587 e. The summed E-state index contributed by atoms with van der Waals surface area (Å²) in [7, 11) is 0. The minimum Gasteiger partial charge on any atom is -0.395 e. The van der Waals surface area contributed by atoms with E-state index in [-0.39, 0.29) is 12.6 Å². The number of nitrogens with one attached hydrogen (secondary N) is 1. The molecule has 0 heterocycles. The van der Waals surface area contributed by atoms with Crippen LogP contribution >= 0.6 is 0 Å². The van der Waals surface area contributed by atoms with Gasteiger partial charge in [0.05, 0.1) is 6.61 Å². The minimum atomic E-state index is 0.104.